The van der Waals surface area contributed by atoms with Gasteiger partial charge in [-0.15, -0.1) is 0 Å². The second-order valence-corrected chi connectivity index (χ2v) is 4.65. The molecule has 1 aliphatic rings. The van der Waals surface area contributed by atoms with Crippen molar-refractivity contribution in [1.29, 1.82) is 0 Å². The van der Waals surface area contributed by atoms with Gasteiger partial charge in [-0.1, -0.05) is 32.6 Å². The van der Waals surface area contributed by atoms with Gasteiger partial charge in [-0.05, 0) is 18.3 Å². The van der Waals surface area contributed by atoms with Crippen molar-refractivity contribution in [2.45, 2.75) is 51.4 Å². The van der Waals surface area contributed by atoms with Crippen molar-refractivity contribution in [1.82, 2.24) is 5.43 Å². The van der Waals surface area contributed by atoms with Crippen molar-refractivity contribution in [3.8, 4) is 0 Å². The van der Waals surface area contributed by atoms with E-state index in [2.05, 4.69) is 12.3 Å². The molecule has 0 saturated heterocycles. The molecule has 0 aromatic carbocycles. The highest BCUT2D eigenvalue weighted by Gasteiger charge is 2.35. The van der Waals surface area contributed by atoms with Gasteiger partial charge in [-0.25, -0.2) is 0 Å². The zero-order chi connectivity index (χ0) is 12.0. The quantitative estimate of drug-likeness (QED) is 0.414. The number of rotatable bonds is 6. The third-order valence-electron chi connectivity index (χ3n) is 3.90. The van der Waals surface area contributed by atoms with Gasteiger partial charge in [0.1, 0.15) is 0 Å². The molecule has 0 aliphatic heterocycles. The summed E-state index contributed by atoms with van der Waals surface area (Å²) in [6, 6.07) is 0.0975. The topological polar surface area (TPSA) is 56.5 Å². The second-order valence-electron chi connectivity index (χ2n) is 4.65. The zero-order valence-corrected chi connectivity index (χ0v) is 10.7. The Labute approximate surface area is 98.8 Å². The minimum absolute atomic E-state index is 0.0975. The van der Waals surface area contributed by atoms with Crippen molar-refractivity contribution in [3.05, 3.63) is 0 Å². The standard InChI is InChI=1S/C12H26N2O2/c1-4-9-7-5-6-8-10(9)11(14-13)12(15-2)16-3/h9-12,14H,4-8,13H2,1-3H3. The van der Waals surface area contributed by atoms with E-state index in [4.69, 9.17) is 15.3 Å². The van der Waals surface area contributed by atoms with Crippen molar-refractivity contribution in [3.63, 3.8) is 0 Å². The van der Waals surface area contributed by atoms with Crippen molar-refractivity contribution in [2.24, 2.45) is 17.7 Å². The van der Waals surface area contributed by atoms with Crippen LogP contribution in [0.15, 0.2) is 0 Å². The maximum atomic E-state index is 5.66. The van der Waals surface area contributed by atoms with Crippen LogP contribution in [0.4, 0.5) is 0 Å². The summed E-state index contributed by atoms with van der Waals surface area (Å²) in [5.74, 6) is 6.96. The molecule has 0 aromatic heterocycles. The average Bonchev–Trinajstić information content (AvgIpc) is 2.35. The molecule has 0 aromatic rings. The maximum Gasteiger partial charge on any atom is 0.173 e. The number of hydrogen-bond donors (Lipinski definition) is 2. The molecular formula is C12H26N2O2. The number of ether oxygens (including phenoxy) is 2. The molecule has 96 valence electrons. The first-order valence-electron chi connectivity index (χ1n) is 6.30. The van der Waals surface area contributed by atoms with Crippen molar-refractivity contribution >= 4 is 0 Å². The summed E-state index contributed by atoms with van der Waals surface area (Å²) in [7, 11) is 3.34. The summed E-state index contributed by atoms with van der Waals surface area (Å²) < 4.78 is 10.7. The van der Waals surface area contributed by atoms with Gasteiger partial charge < -0.3 is 9.47 Å². The normalized spacial score (nSPS) is 28.3. The molecule has 0 bridgehead atoms. The minimum Gasteiger partial charge on any atom is -0.354 e. The first kappa shape index (κ1) is 13.9. The van der Waals surface area contributed by atoms with E-state index in [0.717, 1.165) is 5.92 Å². The van der Waals surface area contributed by atoms with E-state index >= 15 is 0 Å². The van der Waals surface area contributed by atoms with Crippen LogP contribution in [0.3, 0.4) is 0 Å². The van der Waals surface area contributed by atoms with E-state index < -0.39 is 0 Å². The Kier molecular flexibility index (Phi) is 6.28. The lowest BCUT2D eigenvalue weighted by Gasteiger charge is -2.39. The van der Waals surface area contributed by atoms with E-state index in [1.54, 1.807) is 14.2 Å². The Morgan fingerprint density at radius 2 is 1.88 bits per heavy atom. The molecule has 4 heteroatoms. The number of nitrogens with two attached hydrogens (primary N) is 1. The van der Waals surface area contributed by atoms with Gasteiger partial charge in [0.15, 0.2) is 6.29 Å². The van der Waals surface area contributed by atoms with E-state index in [1.165, 1.54) is 32.1 Å². The predicted molar refractivity (Wildman–Crippen MR) is 64.7 cm³/mol. The van der Waals surface area contributed by atoms with Crippen LogP contribution >= 0.6 is 0 Å². The summed E-state index contributed by atoms with van der Waals surface area (Å²) in [5, 5.41) is 0. The van der Waals surface area contributed by atoms with Crippen molar-refractivity contribution < 1.29 is 9.47 Å². The second kappa shape index (κ2) is 7.22. The van der Waals surface area contributed by atoms with Gasteiger partial charge >= 0.3 is 0 Å². The van der Waals surface area contributed by atoms with E-state index in [1.807, 2.05) is 0 Å². The van der Waals surface area contributed by atoms with E-state index in [0.29, 0.717) is 5.92 Å². The third kappa shape index (κ3) is 3.17. The fourth-order valence-electron chi connectivity index (χ4n) is 3.01. The van der Waals surface area contributed by atoms with Crippen LogP contribution in [-0.2, 0) is 9.47 Å². The Morgan fingerprint density at radius 3 is 2.38 bits per heavy atom. The molecule has 1 fully saturated rings. The fourth-order valence-corrected chi connectivity index (χ4v) is 3.01. The molecule has 3 N–H and O–H groups in total. The number of hydrazine groups is 1. The van der Waals surface area contributed by atoms with Crippen molar-refractivity contribution in [2.75, 3.05) is 14.2 Å². The summed E-state index contributed by atoms with van der Waals surface area (Å²) in [6.45, 7) is 2.26. The molecule has 0 spiro atoms. The van der Waals surface area contributed by atoms with Gasteiger partial charge in [0.25, 0.3) is 0 Å². The summed E-state index contributed by atoms with van der Waals surface area (Å²) in [4.78, 5) is 0. The molecule has 0 amide bonds. The monoisotopic (exact) mass is 230 g/mol. The summed E-state index contributed by atoms with van der Waals surface area (Å²) in [5.41, 5.74) is 2.89. The summed E-state index contributed by atoms with van der Waals surface area (Å²) in [6.07, 6.45) is 6.12. The van der Waals surface area contributed by atoms with Crippen LogP contribution in [0.1, 0.15) is 39.0 Å². The van der Waals surface area contributed by atoms with Crippen LogP contribution < -0.4 is 11.3 Å². The highest BCUT2D eigenvalue weighted by atomic mass is 16.7. The highest BCUT2D eigenvalue weighted by Crippen LogP contribution is 2.35. The molecule has 1 saturated carbocycles. The molecule has 0 radical (unpaired) electrons. The molecule has 3 atom stereocenters. The lowest BCUT2D eigenvalue weighted by molar-refractivity contribution is -0.140. The smallest absolute Gasteiger partial charge is 0.173 e. The lowest BCUT2D eigenvalue weighted by atomic mass is 9.74. The zero-order valence-electron chi connectivity index (χ0n) is 10.7. The summed E-state index contributed by atoms with van der Waals surface area (Å²) >= 11 is 0. The molecule has 1 rings (SSSR count). The number of methoxy groups -OCH3 is 2. The van der Waals surface area contributed by atoms with Crippen LogP contribution in [0.25, 0.3) is 0 Å². The number of nitrogens with one attached hydrogen (secondary N) is 1. The van der Waals surface area contributed by atoms with Crippen LogP contribution in [0, 0.1) is 11.8 Å². The molecule has 1 aliphatic carbocycles. The Balaban J connectivity index is 2.67. The Morgan fingerprint density at radius 1 is 1.25 bits per heavy atom. The molecule has 3 unspecified atom stereocenters. The molecule has 16 heavy (non-hydrogen) atoms. The van der Waals surface area contributed by atoms with Gasteiger partial charge in [0.05, 0.1) is 6.04 Å². The number of hydrogen-bond acceptors (Lipinski definition) is 4. The largest absolute Gasteiger partial charge is 0.354 e. The molecule has 0 heterocycles. The van der Waals surface area contributed by atoms with Gasteiger partial charge in [-0.3, -0.25) is 11.3 Å². The molecular weight excluding hydrogens is 204 g/mol. The van der Waals surface area contributed by atoms with Crippen LogP contribution in [-0.4, -0.2) is 26.6 Å². The van der Waals surface area contributed by atoms with E-state index in [9.17, 15) is 0 Å². The maximum absolute atomic E-state index is 5.66. The van der Waals surface area contributed by atoms with E-state index in [-0.39, 0.29) is 12.3 Å². The van der Waals surface area contributed by atoms with Gasteiger partial charge in [0.2, 0.25) is 0 Å². The van der Waals surface area contributed by atoms with Gasteiger partial charge in [0, 0.05) is 14.2 Å². The fraction of sp³-hybridized carbons (Fsp3) is 1.00. The van der Waals surface area contributed by atoms with Crippen LogP contribution in [0.2, 0.25) is 0 Å². The minimum atomic E-state index is -0.248. The third-order valence-corrected chi connectivity index (χ3v) is 3.90. The Bertz CT molecular complexity index is 178. The van der Waals surface area contributed by atoms with Crippen LogP contribution in [0.5, 0.6) is 0 Å². The highest BCUT2D eigenvalue weighted by molar-refractivity contribution is 4.85. The molecule has 4 nitrogen and oxygen atoms in total. The SMILES string of the molecule is CCC1CCCCC1C(NN)C(OC)OC. The lowest BCUT2D eigenvalue weighted by Crippen LogP contribution is -2.52. The average molecular weight is 230 g/mol. The first-order chi connectivity index (χ1) is 7.78. The van der Waals surface area contributed by atoms with Gasteiger partial charge in [-0.2, -0.15) is 0 Å². The first-order valence-corrected chi connectivity index (χ1v) is 6.30. The predicted octanol–water partition coefficient (Wildman–Crippen LogP) is 1.65. The Hall–Kier alpha value is -0.160.